The Hall–Kier alpha value is -2.03. The fraction of sp³-hybridized carbons (Fsp3) is 0.722. The number of carbonyl (C=O) groups excluding carboxylic acids is 1. The molecule has 0 radical (unpaired) electrons. The van der Waals surface area contributed by atoms with E-state index in [4.69, 9.17) is 5.11 Å². The molecule has 2 aliphatic carbocycles. The first-order valence-corrected chi connectivity index (χ1v) is 8.73. The Balaban J connectivity index is 1.94. The summed E-state index contributed by atoms with van der Waals surface area (Å²) in [6.07, 6.45) is 6.58. The summed E-state index contributed by atoms with van der Waals surface area (Å²) in [5.41, 5.74) is -0.0862. The van der Waals surface area contributed by atoms with Crippen molar-refractivity contribution in [2.75, 3.05) is 0 Å². The summed E-state index contributed by atoms with van der Waals surface area (Å²) < 4.78 is 0. The average Bonchev–Trinajstić information content (AvgIpc) is 3.15. The molecule has 0 saturated heterocycles. The lowest BCUT2D eigenvalue weighted by atomic mass is 9.84. The van der Waals surface area contributed by atoms with Gasteiger partial charge in [-0.3, -0.25) is 4.79 Å². The van der Waals surface area contributed by atoms with Gasteiger partial charge in [-0.25, -0.2) is 4.79 Å². The molecular formula is C18H27N3O3. The molecule has 6 nitrogen and oxygen atoms in total. The molecule has 1 amide bonds. The average molecular weight is 333 g/mol. The predicted octanol–water partition coefficient (Wildman–Crippen LogP) is 2.03. The highest BCUT2D eigenvalue weighted by Gasteiger charge is 2.41. The van der Waals surface area contributed by atoms with Gasteiger partial charge in [-0.1, -0.05) is 20.3 Å². The minimum atomic E-state index is -1.10. The Kier molecular flexibility index (Phi) is 5.87. The minimum absolute atomic E-state index is 0.0862. The highest BCUT2D eigenvalue weighted by molar-refractivity contribution is 5.99. The first kappa shape index (κ1) is 18.3. The van der Waals surface area contributed by atoms with Crippen LogP contribution in [0.3, 0.4) is 0 Å². The second-order valence-corrected chi connectivity index (χ2v) is 7.50. The number of carbonyl (C=O) groups is 2. The lowest BCUT2D eigenvalue weighted by Gasteiger charge is -2.28. The van der Waals surface area contributed by atoms with Gasteiger partial charge in [0, 0.05) is 12.2 Å². The Morgan fingerprint density at radius 2 is 1.96 bits per heavy atom. The first-order chi connectivity index (χ1) is 11.3. The van der Waals surface area contributed by atoms with Gasteiger partial charge >= 0.3 is 5.97 Å². The topological polar surface area (TPSA) is 102 Å². The molecule has 0 aromatic rings. The van der Waals surface area contributed by atoms with Crippen molar-refractivity contribution in [3.05, 3.63) is 11.8 Å². The molecule has 5 atom stereocenters. The molecule has 6 heteroatoms. The van der Waals surface area contributed by atoms with Crippen LogP contribution in [-0.4, -0.2) is 29.1 Å². The quantitative estimate of drug-likeness (QED) is 0.489. The number of nitrogens with one attached hydrogen (secondary N) is 2. The Bertz CT molecular complexity index is 564. The Morgan fingerprint density at radius 3 is 2.42 bits per heavy atom. The van der Waals surface area contributed by atoms with Crippen molar-refractivity contribution < 1.29 is 14.7 Å². The molecule has 2 rings (SSSR count). The molecule has 0 aliphatic heterocycles. The van der Waals surface area contributed by atoms with Crippen molar-refractivity contribution >= 4 is 11.9 Å². The molecule has 5 unspecified atom stereocenters. The number of nitriles is 1. The molecule has 24 heavy (non-hydrogen) atoms. The zero-order chi connectivity index (χ0) is 17.9. The van der Waals surface area contributed by atoms with Crippen molar-refractivity contribution in [1.29, 1.82) is 5.26 Å². The molecule has 0 spiro atoms. The van der Waals surface area contributed by atoms with Crippen molar-refractivity contribution in [1.82, 2.24) is 10.6 Å². The van der Waals surface area contributed by atoms with Crippen LogP contribution < -0.4 is 10.6 Å². The summed E-state index contributed by atoms with van der Waals surface area (Å²) in [4.78, 5) is 23.3. The van der Waals surface area contributed by atoms with Gasteiger partial charge in [-0.2, -0.15) is 5.26 Å². The molecule has 132 valence electrons. The molecule has 0 heterocycles. The van der Waals surface area contributed by atoms with Gasteiger partial charge in [0.2, 0.25) is 0 Å². The van der Waals surface area contributed by atoms with Gasteiger partial charge in [0.05, 0.1) is 0 Å². The smallest absolute Gasteiger partial charge is 0.326 e. The zero-order valence-corrected chi connectivity index (χ0v) is 14.6. The molecule has 2 saturated carbocycles. The standard InChI is InChI=1S/C18H27N3O3/c1-10(2)16(18(23)24)21-17(22)14(8-19)9-20-11(3)15-7-12-4-5-13(15)6-12/h9-13,15-16,20H,4-7H2,1-3H3,(H,21,22)(H,23,24)/b14-9-. The molecule has 3 N–H and O–H groups in total. The van der Waals surface area contributed by atoms with Crippen LogP contribution in [0.2, 0.25) is 0 Å². The number of rotatable bonds is 7. The second-order valence-electron chi connectivity index (χ2n) is 7.50. The van der Waals surface area contributed by atoms with Crippen LogP contribution in [0.15, 0.2) is 11.8 Å². The number of aliphatic carboxylic acids is 1. The summed E-state index contributed by atoms with van der Waals surface area (Å²) in [7, 11) is 0. The van der Waals surface area contributed by atoms with Crippen LogP contribution in [0, 0.1) is 35.0 Å². The van der Waals surface area contributed by atoms with E-state index in [-0.39, 0.29) is 17.5 Å². The molecule has 2 bridgehead atoms. The van der Waals surface area contributed by atoms with Crippen LogP contribution in [0.1, 0.15) is 46.5 Å². The van der Waals surface area contributed by atoms with Crippen molar-refractivity contribution in [2.24, 2.45) is 23.7 Å². The number of amides is 1. The van der Waals surface area contributed by atoms with E-state index in [2.05, 4.69) is 17.6 Å². The maximum Gasteiger partial charge on any atom is 0.326 e. The summed E-state index contributed by atoms with van der Waals surface area (Å²) in [6, 6.07) is 1.06. The fourth-order valence-corrected chi connectivity index (χ4v) is 4.13. The summed E-state index contributed by atoms with van der Waals surface area (Å²) in [6.45, 7) is 5.51. The summed E-state index contributed by atoms with van der Waals surface area (Å²) in [5, 5.41) is 23.9. The van der Waals surface area contributed by atoms with Gasteiger partial charge in [0.25, 0.3) is 5.91 Å². The molecule has 0 aromatic heterocycles. The maximum atomic E-state index is 12.1. The van der Waals surface area contributed by atoms with E-state index in [0.717, 1.165) is 11.8 Å². The summed E-state index contributed by atoms with van der Waals surface area (Å²) in [5.74, 6) is 0.180. The fourth-order valence-electron chi connectivity index (χ4n) is 4.13. The number of fused-ring (bicyclic) bond motifs is 2. The van der Waals surface area contributed by atoms with Crippen LogP contribution in [0.5, 0.6) is 0 Å². The van der Waals surface area contributed by atoms with E-state index >= 15 is 0 Å². The van der Waals surface area contributed by atoms with E-state index in [1.807, 2.05) is 6.07 Å². The van der Waals surface area contributed by atoms with E-state index in [9.17, 15) is 14.9 Å². The van der Waals surface area contributed by atoms with Crippen LogP contribution in [0.4, 0.5) is 0 Å². The number of hydrogen-bond donors (Lipinski definition) is 3. The number of nitrogens with zero attached hydrogens (tertiary/aromatic N) is 1. The number of carboxylic acids is 1. The third kappa shape index (κ3) is 4.08. The lowest BCUT2D eigenvalue weighted by Crippen LogP contribution is -2.45. The van der Waals surface area contributed by atoms with Crippen LogP contribution >= 0.6 is 0 Å². The third-order valence-corrected chi connectivity index (χ3v) is 5.51. The second kappa shape index (κ2) is 7.69. The zero-order valence-electron chi connectivity index (χ0n) is 14.6. The van der Waals surface area contributed by atoms with Crippen LogP contribution in [-0.2, 0) is 9.59 Å². The van der Waals surface area contributed by atoms with Gasteiger partial charge < -0.3 is 15.7 Å². The first-order valence-electron chi connectivity index (χ1n) is 8.73. The Labute approximate surface area is 143 Å². The predicted molar refractivity (Wildman–Crippen MR) is 89.6 cm³/mol. The molecule has 0 aromatic carbocycles. The highest BCUT2D eigenvalue weighted by atomic mass is 16.4. The molecule has 2 aliphatic rings. The van der Waals surface area contributed by atoms with E-state index in [1.165, 1.54) is 31.9 Å². The van der Waals surface area contributed by atoms with E-state index in [0.29, 0.717) is 5.92 Å². The van der Waals surface area contributed by atoms with Crippen molar-refractivity contribution in [2.45, 2.75) is 58.5 Å². The Morgan fingerprint density at radius 1 is 1.25 bits per heavy atom. The minimum Gasteiger partial charge on any atom is -0.480 e. The monoisotopic (exact) mass is 333 g/mol. The van der Waals surface area contributed by atoms with Gasteiger partial charge in [0.15, 0.2) is 0 Å². The number of carboxylic acid groups (broad SMARTS) is 1. The molecule has 2 fully saturated rings. The van der Waals surface area contributed by atoms with Crippen molar-refractivity contribution in [3.63, 3.8) is 0 Å². The van der Waals surface area contributed by atoms with E-state index in [1.54, 1.807) is 13.8 Å². The van der Waals surface area contributed by atoms with Gasteiger partial charge in [-0.05, 0) is 49.9 Å². The lowest BCUT2D eigenvalue weighted by molar-refractivity contribution is -0.142. The maximum absolute atomic E-state index is 12.1. The van der Waals surface area contributed by atoms with Crippen molar-refractivity contribution in [3.8, 4) is 6.07 Å². The number of hydrogen-bond acceptors (Lipinski definition) is 4. The van der Waals surface area contributed by atoms with Gasteiger partial charge in [0.1, 0.15) is 17.7 Å². The third-order valence-electron chi connectivity index (χ3n) is 5.51. The van der Waals surface area contributed by atoms with Crippen LogP contribution in [0.25, 0.3) is 0 Å². The normalized spacial score (nSPS) is 28.3. The molecular weight excluding hydrogens is 306 g/mol. The summed E-state index contributed by atoms with van der Waals surface area (Å²) >= 11 is 0. The largest absolute Gasteiger partial charge is 0.480 e. The highest BCUT2D eigenvalue weighted by Crippen LogP contribution is 2.49. The SMILES string of the molecule is CC(C)C(NC(=O)/C(C#N)=C\NC(C)C1CC2CCC1C2)C(=O)O. The van der Waals surface area contributed by atoms with E-state index < -0.39 is 17.9 Å². The van der Waals surface area contributed by atoms with Gasteiger partial charge in [-0.15, -0.1) is 0 Å².